The van der Waals surface area contributed by atoms with E-state index in [4.69, 9.17) is 10.5 Å². The molecular formula is C16H20N2O2. The van der Waals surface area contributed by atoms with Gasteiger partial charge in [0.2, 0.25) is 0 Å². The molecule has 1 saturated heterocycles. The third-order valence-corrected chi connectivity index (χ3v) is 4.24. The van der Waals surface area contributed by atoms with Crippen LogP contribution in [0.4, 0.5) is 0 Å². The van der Waals surface area contributed by atoms with Gasteiger partial charge in [-0.25, -0.2) is 0 Å². The summed E-state index contributed by atoms with van der Waals surface area (Å²) in [7, 11) is 0. The number of para-hydroxylation sites is 1. The molecule has 1 aliphatic rings. The number of aliphatic hydroxyl groups excluding tert-OH is 1. The second-order valence-electron chi connectivity index (χ2n) is 5.55. The molecular weight excluding hydrogens is 252 g/mol. The Morgan fingerprint density at radius 2 is 2.15 bits per heavy atom. The van der Waals surface area contributed by atoms with Crippen molar-refractivity contribution >= 4 is 10.9 Å². The number of hydrogen-bond acceptors (Lipinski definition) is 4. The van der Waals surface area contributed by atoms with E-state index >= 15 is 0 Å². The number of nitrogens with zero attached hydrogens (tertiary/aromatic N) is 1. The highest BCUT2D eigenvalue weighted by atomic mass is 16.5. The zero-order chi connectivity index (χ0) is 14.0. The summed E-state index contributed by atoms with van der Waals surface area (Å²) < 4.78 is 5.54. The monoisotopic (exact) mass is 272 g/mol. The summed E-state index contributed by atoms with van der Waals surface area (Å²) in [5, 5.41) is 11.8. The van der Waals surface area contributed by atoms with Gasteiger partial charge in [0.15, 0.2) is 0 Å². The number of rotatable bonds is 3. The number of ether oxygens (including phenoxy) is 1. The number of pyridine rings is 1. The van der Waals surface area contributed by atoms with Crippen LogP contribution < -0.4 is 5.73 Å². The standard InChI is InChI=1S/C16H20N2O2/c17-10-16(8-3-9-20-11-16)15(19)14-7-6-12-4-1-2-5-13(12)18-14/h1-2,4-7,15,19H,3,8-11,17H2. The number of nitrogens with two attached hydrogens (primary N) is 1. The van der Waals surface area contributed by atoms with Crippen molar-refractivity contribution in [2.75, 3.05) is 19.8 Å². The minimum atomic E-state index is -0.683. The Labute approximate surface area is 118 Å². The molecule has 1 aliphatic heterocycles. The maximum Gasteiger partial charge on any atom is 0.105 e. The van der Waals surface area contributed by atoms with Gasteiger partial charge in [-0.2, -0.15) is 0 Å². The minimum Gasteiger partial charge on any atom is -0.386 e. The van der Waals surface area contributed by atoms with Crippen LogP contribution >= 0.6 is 0 Å². The predicted molar refractivity (Wildman–Crippen MR) is 78.2 cm³/mol. The van der Waals surface area contributed by atoms with Gasteiger partial charge < -0.3 is 15.6 Å². The van der Waals surface area contributed by atoms with E-state index in [1.807, 2.05) is 36.4 Å². The van der Waals surface area contributed by atoms with Crippen LogP contribution in [0.25, 0.3) is 10.9 Å². The Kier molecular flexibility index (Phi) is 3.70. The average Bonchev–Trinajstić information content (AvgIpc) is 2.54. The number of fused-ring (bicyclic) bond motifs is 1. The molecule has 0 spiro atoms. The third-order valence-electron chi connectivity index (χ3n) is 4.24. The molecule has 0 amide bonds. The first-order chi connectivity index (χ1) is 9.75. The van der Waals surface area contributed by atoms with Gasteiger partial charge in [-0.3, -0.25) is 4.98 Å². The van der Waals surface area contributed by atoms with Crippen molar-refractivity contribution in [1.29, 1.82) is 0 Å². The van der Waals surface area contributed by atoms with E-state index in [9.17, 15) is 5.11 Å². The Bertz CT molecular complexity index is 594. The molecule has 2 heterocycles. The Morgan fingerprint density at radius 3 is 2.90 bits per heavy atom. The molecule has 2 aromatic rings. The van der Waals surface area contributed by atoms with Crippen molar-refractivity contribution in [2.45, 2.75) is 18.9 Å². The fraction of sp³-hybridized carbons (Fsp3) is 0.438. The van der Waals surface area contributed by atoms with Crippen molar-refractivity contribution in [3.05, 3.63) is 42.1 Å². The van der Waals surface area contributed by atoms with Gasteiger partial charge in [-0.1, -0.05) is 24.3 Å². The first-order valence-corrected chi connectivity index (χ1v) is 7.07. The molecule has 2 unspecified atom stereocenters. The van der Waals surface area contributed by atoms with E-state index in [0.717, 1.165) is 30.4 Å². The molecule has 2 atom stereocenters. The van der Waals surface area contributed by atoms with E-state index in [2.05, 4.69) is 4.98 Å². The molecule has 4 heteroatoms. The first kappa shape index (κ1) is 13.5. The van der Waals surface area contributed by atoms with Crippen molar-refractivity contribution < 1.29 is 9.84 Å². The molecule has 0 saturated carbocycles. The van der Waals surface area contributed by atoms with Crippen LogP contribution in [0.2, 0.25) is 0 Å². The maximum absolute atomic E-state index is 10.7. The summed E-state index contributed by atoms with van der Waals surface area (Å²) in [6.45, 7) is 1.65. The molecule has 1 aromatic carbocycles. The van der Waals surface area contributed by atoms with Crippen LogP contribution in [0.1, 0.15) is 24.6 Å². The van der Waals surface area contributed by atoms with Gasteiger partial charge in [0.25, 0.3) is 0 Å². The highest BCUT2D eigenvalue weighted by Crippen LogP contribution is 2.39. The van der Waals surface area contributed by atoms with Gasteiger partial charge in [-0.05, 0) is 25.0 Å². The Balaban J connectivity index is 1.96. The van der Waals surface area contributed by atoms with Crippen LogP contribution in [-0.2, 0) is 4.74 Å². The van der Waals surface area contributed by atoms with Crippen LogP contribution in [0.15, 0.2) is 36.4 Å². The number of benzene rings is 1. The molecule has 0 radical (unpaired) electrons. The fourth-order valence-corrected chi connectivity index (χ4v) is 2.91. The quantitative estimate of drug-likeness (QED) is 0.897. The molecule has 3 N–H and O–H groups in total. The fourth-order valence-electron chi connectivity index (χ4n) is 2.91. The van der Waals surface area contributed by atoms with Crippen LogP contribution in [0.5, 0.6) is 0 Å². The van der Waals surface area contributed by atoms with E-state index in [-0.39, 0.29) is 0 Å². The van der Waals surface area contributed by atoms with Crippen LogP contribution in [0.3, 0.4) is 0 Å². The lowest BCUT2D eigenvalue weighted by Gasteiger charge is -2.39. The predicted octanol–water partition coefficient (Wildman–Crippen LogP) is 2.02. The molecule has 1 fully saturated rings. The van der Waals surface area contributed by atoms with Gasteiger partial charge in [0.05, 0.1) is 17.8 Å². The summed E-state index contributed by atoms with van der Waals surface area (Å²) in [6.07, 6.45) is 1.12. The van der Waals surface area contributed by atoms with Crippen LogP contribution in [0, 0.1) is 5.41 Å². The normalized spacial score (nSPS) is 24.7. The topological polar surface area (TPSA) is 68.4 Å². The second kappa shape index (κ2) is 5.48. The van der Waals surface area contributed by atoms with Gasteiger partial charge in [0.1, 0.15) is 6.10 Å². The lowest BCUT2D eigenvalue weighted by Crippen LogP contribution is -2.44. The molecule has 0 bridgehead atoms. The molecule has 3 rings (SSSR count). The molecule has 4 nitrogen and oxygen atoms in total. The number of aliphatic hydroxyl groups is 1. The van der Waals surface area contributed by atoms with Crippen molar-refractivity contribution in [3.8, 4) is 0 Å². The summed E-state index contributed by atoms with van der Waals surface area (Å²) in [5.74, 6) is 0. The molecule has 0 aliphatic carbocycles. The minimum absolute atomic E-state index is 0.405. The van der Waals surface area contributed by atoms with E-state index in [1.165, 1.54) is 0 Å². The zero-order valence-electron chi connectivity index (χ0n) is 11.5. The molecule has 1 aromatic heterocycles. The summed E-state index contributed by atoms with van der Waals surface area (Å²) in [5.41, 5.74) is 7.09. The Morgan fingerprint density at radius 1 is 1.30 bits per heavy atom. The SMILES string of the molecule is NCC1(C(O)c2ccc3ccccc3n2)CCCOC1. The zero-order valence-corrected chi connectivity index (χ0v) is 11.5. The summed E-state index contributed by atoms with van der Waals surface area (Å²) >= 11 is 0. The smallest absolute Gasteiger partial charge is 0.105 e. The van der Waals surface area contributed by atoms with E-state index in [1.54, 1.807) is 0 Å². The van der Waals surface area contributed by atoms with E-state index < -0.39 is 11.5 Å². The highest BCUT2D eigenvalue weighted by Gasteiger charge is 2.40. The molecule has 20 heavy (non-hydrogen) atoms. The Hall–Kier alpha value is -1.49. The average molecular weight is 272 g/mol. The molecule has 106 valence electrons. The third kappa shape index (κ3) is 2.30. The number of aromatic nitrogens is 1. The summed E-state index contributed by atoms with van der Waals surface area (Å²) in [6, 6.07) is 11.8. The largest absolute Gasteiger partial charge is 0.386 e. The van der Waals surface area contributed by atoms with E-state index in [0.29, 0.717) is 18.8 Å². The summed E-state index contributed by atoms with van der Waals surface area (Å²) in [4.78, 5) is 4.58. The first-order valence-electron chi connectivity index (χ1n) is 7.07. The van der Waals surface area contributed by atoms with Gasteiger partial charge >= 0.3 is 0 Å². The number of hydrogen-bond donors (Lipinski definition) is 2. The lowest BCUT2D eigenvalue weighted by molar-refractivity contribution is -0.0795. The van der Waals surface area contributed by atoms with Crippen molar-refractivity contribution in [2.24, 2.45) is 11.1 Å². The maximum atomic E-state index is 10.7. The van der Waals surface area contributed by atoms with Gasteiger partial charge in [-0.15, -0.1) is 0 Å². The van der Waals surface area contributed by atoms with Crippen molar-refractivity contribution in [1.82, 2.24) is 4.98 Å². The van der Waals surface area contributed by atoms with Crippen molar-refractivity contribution in [3.63, 3.8) is 0 Å². The highest BCUT2D eigenvalue weighted by molar-refractivity contribution is 5.78. The van der Waals surface area contributed by atoms with Gasteiger partial charge in [0, 0.05) is 24.0 Å². The van der Waals surface area contributed by atoms with Crippen LogP contribution in [-0.4, -0.2) is 29.8 Å². The lowest BCUT2D eigenvalue weighted by atomic mass is 9.76. The second-order valence-corrected chi connectivity index (χ2v) is 5.55.